The third-order valence-electron chi connectivity index (χ3n) is 3.44. The molecule has 1 aliphatic rings. The Bertz CT molecular complexity index is 649. The van der Waals surface area contributed by atoms with Crippen LogP contribution in [0.5, 0.6) is 17.2 Å². The molecule has 2 rings (SSSR count). The van der Waals surface area contributed by atoms with Crippen LogP contribution >= 0.6 is 15.9 Å². The average Bonchev–Trinajstić information content (AvgIpc) is 2.56. The van der Waals surface area contributed by atoms with Gasteiger partial charge in [-0.3, -0.25) is 4.79 Å². The van der Waals surface area contributed by atoms with Gasteiger partial charge in [0.05, 0.1) is 32.9 Å². The predicted molar refractivity (Wildman–Crippen MR) is 85.1 cm³/mol. The number of halogens is 1. The van der Waals surface area contributed by atoms with Gasteiger partial charge in [0.1, 0.15) is 5.69 Å². The van der Waals surface area contributed by atoms with Crippen LogP contribution in [0.1, 0.15) is 12.0 Å². The minimum absolute atomic E-state index is 0.216. The summed E-state index contributed by atoms with van der Waals surface area (Å²) in [5, 5.41) is 1.11. The Morgan fingerprint density at radius 1 is 1.04 bits per heavy atom. The van der Waals surface area contributed by atoms with Crippen LogP contribution in [0.15, 0.2) is 4.47 Å². The van der Waals surface area contributed by atoms with Crippen LogP contribution in [0.3, 0.4) is 0 Å². The first-order valence-corrected chi connectivity index (χ1v) is 7.47. The van der Waals surface area contributed by atoms with Crippen LogP contribution in [0.4, 0.5) is 10.5 Å². The van der Waals surface area contributed by atoms with E-state index in [1.54, 1.807) is 0 Å². The zero-order chi connectivity index (χ0) is 17.1. The van der Waals surface area contributed by atoms with Gasteiger partial charge in [-0.2, -0.15) is 0 Å². The first-order chi connectivity index (χ1) is 11.0. The third kappa shape index (κ3) is 2.88. The summed E-state index contributed by atoms with van der Waals surface area (Å²) in [6.07, 6.45) is -0.0851. The Balaban J connectivity index is 2.71. The van der Waals surface area contributed by atoms with E-state index < -0.39 is 6.09 Å². The molecule has 0 radical (unpaired) electrons. The van der Waals surface area contributed by atoms with Crippen LogP contribution in [-0.2, 0) is 16.0 Å². The van der Waals surface area contributed by atoms with Crippen LogP contribution in [0.2, 0.25) is 0 Å². The molecule has 2 amide bonds. The molecule has 1 heterocycles. The van der Waals surface area contributed by atoms with Crippen molar-refractivity contribution in [1.82, 2.24) is 5.43 Å². The maximum atomic E-state index is 12.3. The molecule has 0 aliphatic carbocycles. The topological polar surface area (TPSA) is 86.3 Å². The van der Waals surface area contributed by atoms with E-state index in [1.165, 1.54) is 28.4 Å². The van der Waals surface area contributed by atoms with Crippen LogP contribution in [0.25, 0.3) is 0 Å². The molecule has 8 nitrogen and oxygen atoms in total. The quantitative estimate of drug-likeness (QED) is 0.848. The zero-order valence-electron chi connectivity index (χ0n) is 13.2. The summed E-state index contributed by atoms with van der Waals surface area (Å²) in [6, 6.07) is 0. The third-order valence-corrected chi connectivity index (χ3v) is 4.28. The van der Waals surface area contributed by atoms with E-state index in [-0.39, 0.29) is 18.1 Å². The second-order valence-electron chi connectivity index (χ2n) is 4.57. The highest BCUT2D eigenvalue weighted by Crippen LogP contribution is 2.53. The van der Waals surface area contributed by atoms with Crippen molar-refractivity contribution in [2.24, 2.45) is 0 Å². The molecule has 9 heteroatoms. The Morgan fingerprint density at radius 3 is 2.17 bits per heavy atom. The fourth-order valence-corrected chi connectivity index (χ4v) is 3.16. The Kier molecular flexibility index (Phi) is 5.19. The van der Waals surface area contributed by atoms with Crippen LogP contribution in [-0.4, -0.2) is 40.4 Å². The molecule has 0 bridgehead atoms. The number of hydrazine groups is 1. The van der Waals surface area contributed by atoms with E-state index in [0.717, 1.165) is 10.6 Å². The number of carbonyl (C=O) groups excluding carboxylic acids is 2. The zero-order valence-corrected chi connectivity index (χ0v) is 14.8. The molecule has 0 aromatic heterocycles. The number of nitrogens with zero attached hydrogens (tertiary/aromatic N) is 1. The first kappa shape index (κ1) is 17.2. The lowest BCUT2D eigenvalue weighted by molar-refractivity contribution is -0.119. The summed E-state index contributed by atoms with van der Waals surface area (Å²) < 4.78 is 21.3. The van der Waals surface area contributed by atoms with E-state index in [1.807, 2.05) is 0 Å². The molecule has 0 atom stereocenters. The molecule has 0 spiro atoms. The Morgan fingerprint density at radius 2 is 1.65 bits per heavy atom. The number of fused-ring (bicyclic) bond motifs is 1. The van der Waals surface area contributed by atoms with Gasteiger partial charge in [-0.1, -0.05) is 0 Å². The van der Waals surface area contributed by atoms with Gasteiger partial charge >= 0.3 is 6.09 Å². The van der Waals surface area contributed by atoms with Crippen LogP contribution < -0.4 is 24.6 Å². The first-order valence-electron chi connectivity index (χ1n) is 6.67. The Hall–Kier alpha value is -2.16. The van der Waals surface area contributed by atoms with Crippen molar-refractivity contribution in [3.63, 3.8) is 0 Å². The van der Waals surface area contributed by atoms with Crippen molar-refractivity contribution in [2.75, 3.05) is 33.4 Å². The molecule has 1 aromatic carbocycles. The highest BCUT2D eigenvalue weighted by atomic mass is 79.9. The largest absolute Gasteiger partial charge is 0.492 e. The molecule has 0 unspecified atom stereocenters. The number of amides is 2. The lowest BCUT2D eigenvalue weighted by Crippen LogP contribution is -2.49. The maximum absolute atomic E-state index is 12.3. The van der Waals surface area contributed by atoms with Crippen molar-refractivity contribution < 1.29 is 28.5 Å². The molecule has 1 aromatic rings. The summed E-state index contributed by atoms with van der Waals surface area (Å²) in [5.74, 6) is 0.759. The number of hydrogen-bond donors (Lipinski definition) is 1. The number of rotatable bonds is 4. The van der Waals surface area contributed by atoms with Crippen molar-refractivity contribution in [2.45, 2.75) is 12.8 Å². The van der Waals surface area contributed by atoms with Gasteiger partial charge in [0.25, 0.3) is 0 Å². The SMILES string of the molecule is COC(=O)NN1C(=O)CCc2c(Br)c(OC)c(OC)c(OC)c21. The number of hydrogen-bond acceptors (Lipinski definition) is 6. The molecule has 0 saturated heterocycles. The fourth-order valence-electron chi connectivity index (χ4n) is 2.43. The normalized spacial score (nSPS) is 13.3. The van der Waals surface area contributed by atoms with Crippen LogP contribution in [0, 0.1) is 0 Å². The fraction of sp³-hybridized carbons (Fsp3) is 0.429. The molecular weight excluding hydrogens is 372 g/mol. The van der Waals surface area contributed by atoms with Crippen molar-refractivity contribution >= 4 is 33.6 Å². The van der Waals surface area contributed by atoms with Gasteiger partial charge in [-0.15, -0.1) is 0 Å². The number of ether oxygens (including phenoxy) is 4. The van der Waals surface area contributed by atoms with Gasteiger partial charge in [-0.05, 0) is 22.4 Å². The second kappa shape index (κ2) is 6.95. The van der Waals surface area contributed by atoms with Gasteiger partial charge < -0.3 is 18.9 Å². The molecule has 0 fully saturated rings. The second-order valence-corrected chi connectivity index (χ2v) is 5.37. The highest BCUT2D eigenvalue weighted by Gasteiger charge is 2.35. The van der Waals surface area contributed by atoms with E-state index in [0.29, 0.717) is 28.1 Å². The van der Waals surface area contributed by atoms with E-state index >= 15 is 0 Å². The standard InChI is InChI=1S/C14H17BrN2O6/c1-20-11-9(15)7-5-6-8(18)17(16-14(19)23-4)10(7)12(21-2)13(11)22-3/h5-6H2,1-4H3,(H,16,19). The summed E-state index contributed by atoms with van der Waals surface area (Å²) >= 11 is 3.47. The van der Waals surface area contributed by atoms with Crippen molar-refractivity contribution in [3.05, 3.63) is 10.0 Å². The number of benzene rings is 1. The lowest BCUT2D eigenvalue weighted by atomic mass is 10.0. The van der Waals surface area contributed by atoms with E-state index in [9.17, 15) is 9.59 Å². The predicted octanol–water partition coefficient (Wildman–Crippen LogP) is 2.03. The highest BCUT2D eigenvalue weighted by molar-refractivity contribution is 9.10. The van der Waals surface area contributed by atoms with E-state index in [4.69, 9.17) is 14.2 Å². The Labute approximate surface area is 141 Å². The van der Waals surface area contributed by atoms with Gasteiger partial charge in [0.15, 0.2) is 11.5 Å². The van der Waals surface area contributed by atoms with Crippen molar-refractivity contribution in [1.29, 1.82) is 0 Å². The number of carbonyl (C=O) groups is 2. The van der Waals surface area contributed by atoms with Gasteiger partial charge in [0, 0.05) is 12.0 Å². The summed E-state index contributed by atoms with van der Waals surface area (Å²) in [6.45, 7) is 0. The van der Waals surface area contributed by atoms with Gasteiger partial charge in [-0.25, -0.2) is 15.2 Å². The lowest BCUT2D eigenvalue weighted by Gasteiger charge is -2.32. The summed E-state index contributed by atoms with van der Waals surface area (Å²) in [5.41, 5.74) is 3.54. The molecule has 1 aliphatic heterocycles. The summed E-state index contributed by atoms with van der Waals surface area (Å²) in [4.78, 5) is 23.8. The van der Waals surface area contributed by atoms with E-state index in [2.05, 4.69) is 26.1 Å². The summed E-state index contributed by atoms with van der Waals surface area (Å²) in [7, 11) is 5.63. The number of anilines is 1. The molecule has 0 saturated carbocycles. The maximum Gasteiger partial charge on any atom is 0.426 e. The number of methoxy groups -OCH3 is 4. The smallest absolute Gasteiger partial charge is 0.426 e. The molecule has 126 valence electrons. The number of nitrogens with one attached hydrogen (secondary N) is 1. The minimum Gasteiger partial charge on any atom is -0.492 e. The average molecular weight is 389 g/mol. The molecule has 1 N–H and O–H groups in total. The molecular formula is C14H17BrN2O6. The minimum atomic E-state index is -0.765. The van der Waals surface area contributed by atoms with Gasteiger partial charge in [0.2, 0.25) is 11.7 Å². The molecule has 23 heavy (non-hydrogen) atoms. The van der Waals surface area contributed by atoms with Crippen molar-refractivity contribution in [3.8, 4) is 17.2 Å². The monoisotopic (exact) mass is 388 g/mol.